The van der Waals surface area contributed by atoms with Gasteiger partial charge in [0.2, 0.25) is 5.91 Å². The maximum atomic E-state index is 11.8. The van der Waals surface area contributed by atoms with Crippen molar-refractivity contribution in [2.24, 2.45) is 0 Å². The molecule has 1 saturated heterocycles. The Hall–Kier alpha value is -1.88. The van der Waals surface area contributed by atoms with Gasteiger partial charge in [-0.1, -0.05) is 30.3 Å². The molecule has 0 spiro atoms. The van der Waals surface area contributed by atoms with Crippen LogP contribution >= 0.6 is 0 Å². The molecular weight excluding hydrogens is 246 g/mol. The van der Waals surface area contributed by atoms with Crippen molar-refractivity contribution in [1.29, 1.82) is 0 Å². The maximum Gasteiger partial charge on any atom is 0.303 e. The van der Waals surface area contributed by atoms with Gasteiger partial charge in [0.05, 0.1) is 6.42 Å². The predicted octanol–water partition coefficient (Wildman–Crippen LogP) is 0.712. The highest BCUT2D eigenvalue weighted by atomic mass is 16.6. The molecule has 5 nitrogen and oxygen atoms in total. The Kier molecular flexibility index (Phi) is 4.16. The predicted molar refractivity (Wildman–Crippen MR) is 68.0 cm³/mol. The summed E-state index contributed by atoms with van der Waals surface area (Å²) in [5, 5.41) is 9.97. The van der Waals surface area contributed by atoms with Crippen molar-refractivity contribution in [2.45, 2.75) is 32.1 Å². The summed E-state index contributed by atoms with van der Waals surface area (Å²) in [4.78, 5) is 24.0. The minimum Gasteiger partial charge on any atom is -0.457 e. The molecule has 0 aromatic heterocycles. The third kappa shape index (κ3) is 3.32. The number of aliphatic hydroxyl groups excluding tert-OH is 1. The Morgan fingerprint density at radius 3 is 2.74 bits per heavy atom. The third-order valence-corrected chi connectivity index (χ3v) is 3.15. The number of esters is 1. The molecule has 0 aliphatic carbocycles. The van der Waals surface area contributed by atoms with Crippen LogP contribution < -0.4 is 0 Å². The first-order chi connectivity index (χ1) is 9.08. The number of hydrogen-bond donors (Lipinski definition) is 1. The molecule has 1 aromatic rings. The summed E-state index contributed by atoms with van der Waals surface area (Å²) in [6.07, 6.45) is -1.08. The van der Waals surface area contributed by atoms with Crippen molar-refractivity contribution >= 4 is 11.9 Å². The summed E-state index contributed by atoms with van der Waals surface area (Å²) in [6.45, 7) is 1.69. The highest BCUT2D eigenvalue weighted by molar-refractivity contribution is 5.80. The number of ether oxygens (including phenoxy) is 1. The highest BCUT2D eigenvalue weighted by Crippen LogP contribution is 2.21. The zero-order valence-corrected chi connectivity index (χ0v) is 10.8. The van der Waals surface area contributed by atoms with Crippen LogP contribution in [0.2, 0.25) is 0 Å². The van der Waals surface area contributed by atoms with Gasteiger partial charge in [0, 0.05) is 13.5 Å². The van der Waals surface area contributed by atoms with Crippen LogP contribution in [0, 0.1) is 0 Å². The molecule has 2 rings (SSSR count). The maximum absolute atomic E-state index is 11.8. The minimum absolute atomic E-state index is 0.0511. The zero-order chi connectivity index (χ0) is 13.8. The second-order valence-electron chi connectivity index (χ2n) is 4.59. The monoisotopic (exact) mass is 263 g/mol. The lowest BCUT2D eigenvalue weighted by molar-refractivity contribution is -0.155. The first-order valence-electron chi connectivity index (χ1n) is 6.26. The number of hydrogen-bond acceptors (Lipinski definition) is 4. The van der Waals surface area contributed by atoms with Crippen LogP contribution in [-0.4, -0.2) is 40.8 Å². The second kappa shape index (κ2) is 5.84. The minimum atomic E-state index is -1.04. The van der Waals surface area contributed by atoms with Gasteiger partial charge in [-0.05, 0) is 12.0 Å². The summed E-state index contributed by atoms with van der Waals surface area (Å²) < 4.78 is 4.92. The molecule has 1 heterocycles. The normalized spacial score (nSPS) is 22.6. The number of likely N-dealkylation sites (tertiary alicyclic amines) is 1. The Morgan fingerprint density at radius 1 is 1.42 bits per heavy atom. The summed E-state index contributed by atoms with van der Waals surface area (Å²) in [6, 6.07) is 9.72. The summed E-state index contributed by atoms with van der Waals surface area (Å²) >= 11 is 0. The van der Waals surface area contributed by atoms with Gasteiger partial charge in [-0.25, -0.2) is 0 Å². The molecule has 5 heteroatoms. The smallest absolute Gasteiger partial charge is 0.303 e. The van der Waals surface area contributed by atoms with E-state index in [0.29, 0.717) is 13.0 Å². The van der Waals surface area contributed by atoms with E-state index in [2.05, 4.69) is 0 Å². The lowest BCUT2D eigenvalue weighted by Crippen LogP contribution is -2.39. The van der Waals surface area contributed by atoms with Gasteiger partial charge in [-0.3, -0.25) is 9.59 Å². The second-order valence-corrected chi connectivity index (χ2v) is 4.59. The first-order valence-corrected chi connectivity index (χ1v) is 6.26. The molecular formula is C14H17NO4. The highest BCUT2D eigenvalue weighted by Gasteiger charge is 2.40. The SMILES string of the molecule is CC(=O)O[C@@H]1CC(=O)N(CCc2ccccc2)[C@H]1O. The first kappa shape index (κ1) is 13.5. The van der Waals surface area contributed by atoms with Crippen molar-refractivity contribution in [2.75, 3.05) is 6.54 Å². The molecule has 1 N–H and O–H groups in total. The Morgan fingerprint density at radius 2 is 2.11 bits per heavy atom. The Balaban J connectivity index is 1.93. The fraction of sp³-hybridized carbons (Fsp3) is 0.429. The van der Waals surface area contributed by atoms with E-state index in [9.17, 15) is 14.7 Å². The van der Waals surface area contributed by atoms with Crippen LogP contribution in [-0.2, 0) is 20.7 Å². The third-order valence-electron chi connectivity index (χ3n) is 3.15. The molecule has 2 atom stereocenters. The molecule has 1 aliphatic rings. The van der Waals surface area contributed by atoms with E-state index in [4.69, 9.17) is 4.74 Å². The van der Waals surface area contributed by atoms with Crippen molar-refractivity contribution in [1.82, 2.24) is 4.90 Å². The molecule has 0 bridgehead atoms. The number of nitrogens with zero attached hydrogens (tertiary/aromatic N) is 1. The summed E-state index contributed by atoms with van der Waals surface area (Å²) in [5.74, 6) is -0.670. The number of benzene rings is 1. The average molecular weight is 263 g/mol. The molecule has 1 fully saturated rings. The van der Waals surface area contributed by atoms with Gasteiger partial charge in [-0.2, -0.15) is 0 Å². The van der Waals surface area contributed by atoms with Gasteiger partial charge in [-0.15, -0.1) is 0 Å². The molecule has 0 radical (unpaired) electrons. The van der Waals surface area contributed by atoms with Crippen molar-refractivity contribution in [3.8, 4) is 0 Å². The van der Waals surface area contributed by atoms with Gasteiger partial charge in [0.1, 0.15) is 0 Å². The molecule has 1 aliphatic heterocycles. The van der Waals surface area contributed by atoms with Gasteiger partial charge in [0.25, 0.3) is 0 Å². The van der Waals surface area contributed by atoms with Crippen molar-refractivity contribution in [3.63, 3.8) is 0 Å². The Labute approximate surface area is 111 Å². The van der Waals surface area contributed by atoms with Gasteiger partial charge < -0.3 is 14.7 Å². The summed E-state index contributed by atoms with van der Waals surface area (Å²) in [5.41, 5.74) is 1.10. The molecule has 1 amide bonds. The molecule has 0 saturated carbocycles. The zero-order valence-electron chi connectivity index (χ0n) is 10.8. The van der Waals surface area contributed by atoms with Crippen LogP contribution in [0.3, 0.4) is 0 Å². The van der Waals surface area contributed by atoms with Crippen LogP contribution in [0.25, 0.3) is 0 Å². The van der Waals surface area contributed by atoms with Crippen molar-refractivity contribution in [3.05, 3.63) is 35.9 Å². The topological polar surface area (TPSA) is 66.8 Å². The molecule has 19 heavy (non-hydrogen) atoms. The Bertz CT molecular complexity index is 460. The van der Waals surface area contributed by atoms with Gasteiger partial charge in [0.15, 0.2) is 12.3 Å². The van der Waals surface area contributed by atoms with E-state index in [1.165, 1.54) is 11.8 Å². The van der Waals surface area contributed by atoms with Crippen molar-refractivity contribution < 1.29 is 19.4 Å². The van der Waals surface area contributed by atoms with E-state index < -0.39 is 18.3 Å². The number of rotatable bonds is 4. The quantitative estimate of drug-likeness (QED) is 0.812. The standard InChI is InChI=1S/C14H17NO4/c1-10(16)19-12-9-13(17)15(14(12)18)8-7-11-5-3-2-4-6-11/h2-6,12,14,18H,7-9H2,1H3/t12-,14+/m1/s1. The van der Waals surface area contributed by atoms with Crippen LogP contribution in [0.15, 0.2) is 30.3 Å². The number of amides is 1. The lowest BCUT2D eigenvalue weighted by atomic mass is 10.1. The van der Waals surface area contributed by atoms with E-state index in [1.54, 1.807) is 0 Å². The largest absolute Gasteiger partial charge is 0.457 e. The van der Waals surface area contributed by atoms with Crippen LogP contribution in [0.5, 0.6) is 0 Å². The summed E-state index contributed by atoms with van der Waals surface area (Å²) in [7, 11) is 0. The van der Waals surface area contributed by atoms with E-state index in [-0.39, 0.29) is 12.3 Å². The van der Waals surface area contributed by atoms with Crippen LogP contribution in [0.4, 0.5) is 0 Å². The fourth-order valence-electron chi connectivity index (χ4n) is 2.21. The van der Waals surface area contributed by atoms with E-state index >= 15 is 0 Å². The molecule has 102 valence electrons. The molecule has 1 aromatic carbocycles. The van der Waals surface area contributed by atoms with E-state index in [1.807, 2.05) is 30.3 Å². The molecule has 0 unspecified atom stereocenters. The fourth-order valence-corrected chi connectivity index (χ4v) is 2.21. The average Bonchev–Trinajstić information content (AvgIpc) is 2.63. The lowest BCUT2D eigenvalue weighted by Gasteiger charge is -2.23. The number of carbonyl (C=O) groups excluding carboxylic acids is 2. The van der Waals surface area contributed by atoms with Crippen LogP contribution in [0.1, 0.15) is 18.9 Å². The van der Waals surface area contributed by atoms with E-state index in [0.717, 1.165) is 5.56 Å². The van der Waals surface area contributed by atoms with Gasteiger partial charge >= 0.3 is 5.97 Å². The number of aliphatic hydroxyl groups is 1. The number of carbonyl (C=O) groups is 2.